The molecule has 1 heterocycles. The monoisotopic (exact) mass is 480 g/mol. The van der Waals surface area contributed by atoms with Crippen LogP contribution >= 0.6 is 35.6 Å². The second-order valence-corrected chi connectivity index (χ2v) is 8.67. The third-order valence-electron chi connectivity index (χ3n) is 5.37. The van der Waals surface area contributed by atoms with Crippen molar-refractivity contribution in [3.8, 4) is 11.3 Å². The summed E-state index contributed by atoms with van der Waals surface area (Å²) < 4.78 is 0. The third kappa shape index (κ3) is 7.06. The van der Waals surface area contributed by atoms with Gasteiger partial charge in [-0.2, -0.15) is 0 Å². The molecule has 0 saturated carbocycles. The highest BCUT2D eigenvalue weighted by Crippen LogP contribution is 2.32. The van der Waals surface area contributed by atoms with Gasteiger partial charge >= 0.3 is 0 Å². The summed E-state index contributed by atoms with van der Waals surface area (Å²) in [6, 6.07) is 15.3. The van der Waals surface area contributed by atoms with Gasteiger partial charge in [-0.05, 0) is 56.3 Å². The summed E-state index contributed by atoms with van der Waals surface area (Å²) in [6.07, 6.45) is 3.93. The number of aromatic nitrogens is 1. The number of halogens is 3. The minimum Gasteiger partial charge on any atom is -0.387 e. The maximum Gasteiger partial charge on any atom is 0.0938 e. The van der Waals surface area contributed by atoms with Crippen molar-refractivity contribution in [1.29, 1.82) is 0 Å². The summed E-state index contributed by atoms with van der Waals surface area (Å²) >= 11 is 12.3. The van der Waals surface area contributed by atoms with E-state index in [1.54, 1.807) is 0 Å². The zero-order chi connectivity index (χ0) is 21.5. The van der Waals surface area contributed by atoms with Crippen LogP contribution in [0.25, 0.3) is 22.2 Å². The molecule has 2 aromatic carbocycles. The topological polar surface area (TPSA) is 36.4 Å². The van der Waals surface area contributed by atoms with Gasteiger partial charge in [-0.1, -0.05) is 68.1 Å². The Kier molecular flexibility index (Phi) is 10.5. The number of pyridine rings is 1. The first-order valence-corrected chi connectivity index (χ1v) is 11.5. The Bertz CT molecular complexity index is 955. The van der Waals surface area contributed by atoms with Crippen molar-refractivity contribution >= 4 is 46.5 Å². The van der Waals surface area contributed by atoms with Crippen LogP contribution in [-0.4, -0.2) is 34.6 Å². The number of aliphatic hydroxyl groups is 1. The van der Waals surface area contributed by atoms with Gasteiger partial charge in [0.25, 0.3) is 0 Å². The molecule has 0 aliphatic rings. The van der Waals surface area contributed by atoms with Crippen molar-refractivity contribution in [1.82, 2.24) is 9.88 Å². The van der Waals surface area contributed by atoms with Crippen LogP contribution in [0.2, 0.25) is 10.0 Å². The number of unbranched alkanes of at least 4 members (excludes halogenated alkanes) is 2. The van der Waals surface area contributed by atoms with E-state index in [0.717, 1.165) is 66.5 Å². The Morgan fingerprint density at radius 2 is 1.52 bits per heavy atom. The molecule has 0 aliphatic carbocycles. The van der Waals surface area contributed by atoms with Gasteiger partial charge < -0.3 is 10.0 Å². The minimum absolute atomic E-state index is 0. The molecule has 0 bridgehead atoms. The molecule has 31 heavy (non-hydrogen) atoms. The summed E-state index contributed by atoms with van der Waals surface area (Å²) in [5.41, 5.74) is 3.37. The molecule has 168 valence electrons. The van der Waals surface area contributed by atoms with E-state index in [0.29, 0.717) is 16.6 Å². The Hall–Kier alpha value is -1.36. The van der Waals surface area contributed by atoms with Crippen LogP contribution in [0.3, 0.4) is 0 Å². The maximum atomic E-state index is 11.3. The van der Waals surface area contributed by atoms with E-state index in [9.17, 15) is 5.11 Å². The summed E-state index contributed by atoms with van der Waals surface area (Å²) in [5.74, 6) is 0. The Morgan fingerprint density at radius 1 is 0.903 bits per heavy atom. The van der Waals surface area contributed by atoms with Crippen LogP contribution in [0, 0.1) is 0 Å². The van der Waals surface area contributed by atoms with E-state index >= 15 is 0 Å². The first kappa shape index (κ1) is 25.9. The number of nitrogens with zero attached hydrogens (tertiary/aromatic N) is 2. The van der Waals surface area contributed by atoms with Gasteiger partial charge in [-0.3, -0.25) is 0 Å². The Morgan fingerprint density at radius 3 is 2.13 bits per heavy atom. The second-order valence-electron chi connectivity index (χ2n) is 7.79. The summed E-state index contributed by atoms with van der Waals surface area (Å²) in [5, 5.41) is 13.6. The molecule has 3 rings (SSSR count). The van der Waals surface area contributed by atoms with E-state index in [4.69, 9.17) is 28.2 Å². The van der Waals surface area contributed by atoms with Gasteiger partial charge in [0.2, 0.25) is 0 Å². The quantitative estimate of drug-likeness (QED) is 0.324. The molecule has 0 radical (unpaired) electrons. The van der Waals surface area contributed by atoms with E-state index in [2.05, 4.69) is 18.7 Å². The molecule has 0 fully saturated rings. The van der Waals surface area contributed by atoms with Crippen molar-refractivity contribution in [2.75, 3.05) is 19.6 Å². The summed E-state index contributed by atoms with van der Waals surface area (Å²) in [6.45, 7) is 7.00. The molecule has 1 unspecified atom stereocenters. The molecular formula is C25H31Cl3N2O. The van der Waals surface area contributed by atoms with Crippen LogP contribution in [0.4, 0.5) is 0 Å². The fraction of sp³-hybridized carbons (Fsp3) is 0.400. The van der Waals surface area contributed by atoms with Crippen LogP contribution in [0.5, 0.6) is 0 Å². The molecule has 3 nitrogen and oxygen atoms in total. The van der Waals surface area contributed by atoms with Crippen LogP contribution in [0.15, 0.2) is 48.5 Å². The maximum absolute atomic E-state index is 11.3. The zero-order valence-corrected chi connectivity index (χ0v) is 20.5. The van der Waals surface area contributed by atoms with E-state index < -0.39 is 6.10 Å². The number of hydrogen-bond acceptors (Lipinski definition) is 3. The second kappa shape index (κ2) is 12.6. The van der Waals surface area contributed by atoms with Gasteiger partial charge in [-0.25, -0.2) is 4.98 Å². The lowest BCUT2D eigenvalue weighted by atomic mass is 9.98. The Labute approximate surface area is 201 Å². The molecule has 3 aromatic rings. The number of benzene rings is 2. The van der Waals surface area contributed by atoms with Gasteiger partial charge in [0.05, 0.1) is 17.3 Å². The van der Waals surface area contributed by atoms with Crippen LogP contribution in [-0.2, 0) is 0 Å². The number of hydrogen-bond donors (Lipinski definition) is 1. The van der Waals surface area contributed by atoms with Crippen molar-refractivity contribution in [2.45, 2.75) is 45.6 Å². The SMILES string of the molecule is CCCCN(CCCC)CC(O)c1cc2ccc(Cl)cc2nc1-c1ccc(Cl)cc1.Cl. The molecule has 0 spiro atoms. The fourth-order valence-electron chi connectivity index (χ4n) is 3.65. The fourth-order valence-corrected chi connectivity index (χ4v) is 3.94. The predicted molar refractivity (Wildman–Crippen MR) is 136 cm³/mol. The molecule has 0 saturated heterocycles. The average molecular weight is 482 g/mol. The molecule has 1 atom stereocenters. The molecule has 6 heteroatoms. The third-order valence-corrected chi connectivity index (χ3v) is 5.86. The van der Waals surface area contributed by atoms with Gasteiger partial charge in [-0.15, -0.1) is 12.4 Å². The van der Waals surface area contributed by atoms with E-state index in [1.165, 1.54) is 0 Å². The van der Waals surface area contributed by atoms with Crippen molar-refractivity contribution in [3.05, 3.63) is 64.1 Å². The standard InChI is InChI=1S/C25H30Cl2N2O.ClH/c1-3-5-13-29(14-6-4-2)17-24(30)22-15-19-9-12-21(27)16-23(19)28-25(22)18-7-10-20(26)11-8-18;/h7-12,15-16,24,30H,3-6,13-14,17H2,1-2H3;1H. The lowest BCUT2D eigenvalue weighted by Gasteiger charge is -2.26. The normalized spacial score (nSPS) is 12.2. The zero-order valence-electron chi connectivity index (χ0n) is 18.2. The van der Waals surface area contributed by atoms with Crippen molar-refractivity contribution in [3.63, 3.8) is 0 Å². The number of aliphatic hydroxyl groups excluding tert-OH is 1. The van der Waals surface area contributed by atoms with Crippen molar-refractivity contribution < 1.29 is 5.11 Å². The van der Waals surface area contributed by atoms with Gasteiger partial charge in [0.1, 0.15) is 0 Å². The highest BCUT2D eigenvalue weighted by molar-refractivity contribution is 6.31. The molecule has 1 N–H and O–H groups in total. The first-order chi connectivity index (χ1) is 14.5. The van der Waals surface area contributed by atoms with E-state index in [1.807, 2.05) is 48.5 Å². The number of rotatable bonds is 10. The lowest BCUT2D eigenvalue weighted by Crippen LogP contribution is -2.31. The molecule has 0 amide bonds. The number of fused-ring (bicyclic) bond motifs is 1. The Balaban J connectivity index is 0.00000341. The predicted octanol–water partition coefficient (Wildman–Crippen LogP) is 7.57. The smallest absolute Gasteiger partial charge is 0.0938 e. The molecule has 0 aliphatic heterocycles. The summed E-state index contributed by atoms with van der Waals surface area (Å²) in [7, 11) is 0. The van der Waals surface area contributed by atoms with Crippen LogP contribution in [0.1, 0.15) is 51.2 Å². The lowest BCUT2D eigenvalue weighted by molar-refractivity contribution is 0.111. The van der Waals surface area contributed by atoms with Crippen molar-refractivity contribution in [2.24, 2.45) is 0 Å². The first-order valence-electron chi connectivity index (χ1n) is 10.8. The summed E-state index contributed by atoms with van der Waals surface area (Å²) in [4.78, 5) is 7.25. The van der Waals surface area contributed by atoms with Gasteiger partial charge in [0.15, 0.2) is 0 Å². The highest BCUT2D eigenvalue weighted by Gasteiger charge is 2.19. The molecule has 1 aromatic heterocycles. The minimum atomic E-state index is -0.628. The largest absolute Gasteiger partial charge is 0.387 e. The molecular weight excluding hydrogens is 451 g/mol. The van der Waals surface area contributed by atoms with Gasteiger partial charge in [0, 0.05) is 33.1 Å². The van der Waals surface area contributed by atoms with Crippen LogP contribution < -0.4 is 0 Å². The average Bonchev–Trinajstić information content (AvgIpc) is 2.75. The highest BCUT2D eigenvalue weighted by atomic mass is 35.5. The van der Waals surface area contributed by atoms with E-state index in [-0.39, 0.29) is 12.4 Å².